The van der Waals surface area contributed by atoms with E-state index in [2.05, 4.69) is 5.32 Å². The number of allylic oxidation sites excluding steroid dienone is 1. The molecule has 0 bridgehead atoms. The summed E-state index contributed by atoms with van der Waals surface area (Å²) in [4.78, 5) is 1.92. The molecule has 0 amide bonds. The molecule has 0 heterocycles. The van der Waals surface area contributed by atoms with Crippen LogP contribution in [0, 0.1) is 11.3 Å². The summed E-state index contributed by atoms with van der Waals surface area (Å²) < 4.78 is 11.3. The van der Waals surface area contributed by atoms with Gasteiger partial charge in [0.2, 0.25) is 0 Å². The zero-order chi connectivity index (χ0) is 18.1. The van der Waals surface area contributed by atoms with Crippen LogP contribution in [0.4, 0.5) is 11.4 Å². The van der Waals surface area contributed by atoms with E-state index in [1.807, 2.05) is 67.5 Å². The van der Waals surface area contributed by atoms with Crippen molar-refractivity contribution in [3.63, 3.8) is 0 Å². The SMILES string of the molecule is COc1cc(/C=C/C#N)cc(O/C=C/Nc2ccccc2)c1N(C)C. The minimum absolute atomic E-state index is 0.632. The first kappa shape index (κ1) is 18.0. The van der Waals surface area contributed by atoms with Crippen LogP contribution < -0.4 is 19.7 Å². The van der Waals surface area contributed by atoms with Crippen LogP contribution in [0.2, 0.25) is 0 Å². The Hall–Kier alpha value is -3.39. The number of benzene rings is 2. The Balaban J connectivity index is 2.24. The molecular weight excluding hydrogens is 314 g/mol. The fraction of sp³-hybridized carbons (Fsp3) is 0.150. The summed E-state index contributed by atoms with van der Waals surface area (Å²) in [7, 11) is 5.44. The average Bonchev–Trinajstić information content (AvgIpc) is 2.63. The quantitative estimate of drug-likeness (QED) is 0.605. The number of nitriles is 1. The fourth-order valence-corrected chi connectivity index (χ4v) is 2.29. The van der Waals surface area contributed by atoms with Crippen LogP contribution in [0.3, 0.4) is 0 Å². The lowest BCUT2D eigenvalue weighted by molar-refractivity contribution is 0.409. The van der Waals surface area contributed by atoms with Crippen LogP contribution in [0.1, 0.15) is 5.56 Å². The maximum Gasteiger partial charge on any atom is 0.154 e. The third-order valence-electron chi connectivity index (χ3n) is 3.37. The van der Waals surface area contributed by atoms with E-state index in [-0.39, 0.29) is 0 Å². The third kappa shape index (κ3) is 5.05. The van der Waals surface area contributed by atoms with Crippen molar-refractivity contribution < 1.29 is 9.47 Å². The molecule has 5 nitrogen and oxygen atoms in total. The number of nitrogens with one attached hydrogen (secondary N) is 1. The third-order valence-corrected chi connectivity index (χ3v) is 3.37. The number of ether oxygens (including phenoxy) is 2. The number of methoxy groups -OCH3 is 1. The molecule has 0 atom stereocenters. The first-order valence-corrected chi connectivity index (χ1v) is 7.74. The molecule has 0 saturated carbocycles. The van der Waals surface area contributed by atoms with Gasteiger partial charge < -0.3 is 19.7 Å². The lowest BCUT2D eigenvalue weighted by atomic mass is 10.1. The van der Waals surface area contributed by atoms with Crippen molar-refractivity contribution in [3.8, 4) is 17.6 Å². The van der Waals surface area contributed by atoms with Crippen LogP contribution in [-0.2, 0) is 0 Å². The summed E-state index contributed by atoms with van der Waals surface area (Å²) in [6.45, 7) is 0. The van der Waals surface area contributed by atoms with Gasteiger partial charge in [-0.3, -0.25) is 0 Å². The van der Waals surface area contributed by atoms with Gasteiger partial charge in [-0.1, -0.05) is 18.2 Å². The highest BCUT2D eigenvalue weighted by Gasteiger charge is 2.14. The molecule has 128 valence electrons. The molecule has 0 aliphatic rings. The topological polar surface area (TPSA) is 57.5 Å². The molecule has 2 aromatic carbocycles. The van der Waals surface area contributed by atoms with Crippen molar-refractivity contribution in [3.05, 3.63) is 66.6 Å². The van der Waals surface area contributed by atoms with Crippen molar-refractivity contribution in [2.24, 2.45) is 0 Å². The van der Waals surface area contributed by atoms with E-state index in [9.17, 15) is 0 Å². The van der Waals surface area contributed by atoms with Gasteiger partial charge in [-0.2, -0.15) is 5.26 Å². The van der Waals surface area contributed by atoms with Gasteiger partial charge >= 0.3 is 0 Å². The van der Waals surface area contributed by atoms with E-state index in [0.717, 1.165) is 16.9 Å². The molecule has 2 aromatic rings. The Kier molecular flexibility index (Phi) is 6.49. The van der Waals surface area contributed by atoms with Crippen LogP contribution in [0.25, 0.3) is 6.08 Å². The number of rotatable bonds is 7. The number of hydrogen-bond acceptors (Lipinski definition) is 5. The highest BCUT2D eigenvalue weighted by atomic mass is 16.5. The molecule has 5 heteroatoms. The van der Waals surface area contributed by atoms with Crippen molar-refractivity contribution in [2.75, 3.05) is 31.4 Å². The Morgan fingerprint density at radius 3 is 2.48 bits per heavy atom. The minimum Gasteiger partial charge on any atom is -0.494 e. The second kappa shape index (κ2) is 9.04. The first-order valence-electron chi connectivity index (χ1n) is 7.74. The lowest BCUT2D eigenvalue weighted by Crippen LogP contribution is -2.11. The van der Waals surface area contributed by atoms with Crippen LogP contribution in [0.15, 0.2) is 61.0 Å². The van der Waals surface area contributed by atoms with Gasteiger partial charge in [0.05, 0.1) is 13.2 Å². The maximum atomic E-state index is 8.72. The zero-order valence-corrected chi connectivity index (χ0v) is 14.6. The fourth-order valence-electron chi connectivity index (χ4n) is 2.29. The summed E-state index contributed by atoms with van der Waals surface area (Å²) in [6, 6.07) is 15.5. The molecule has 1 N–H and O–H groups in total. The largest absolute Gasteiger partial charge is 0.494 e. The second-order valence-corrected chi connectivity index (χ2v) is 5.36. The van der Waals surface area contributed by atoms with E-state index in [1.165, 1.54) is 6.08 Å². The van der Waals surface area contributed by atoms with E-state index < -0.39 is 0 Å². The van der Waals surface area contributed by atoms with Crippen LogP contribution in [-0.4, -0.2) is 21.2 Å². The van der Waals surface area contributed by atoms with Gasteiger partial charge in [0.15, 0.2) is 5.75 Å². The van der Waals surface area contributed by atoms with Crippen LogP contribution in [0.5, 0.6) is 11.5 Å². The summed E-state index contributed by atoms with van der Waals surface area (Å²) in [5, 5.41) is 11.9. The van der Waals surface area contributed by atoms with Gasteiger partial charge in [-0.25, -0.2) is 0 Å². The predicted octanol–water partition coefficient (Wildman–Crippen LogP) is 4.26. The zero-order valence-electron chi connectivity index (χ0n) is 14.6. The van der Waals surface area contributed by atoms with E-state index >= 15 is 0 Å². The normalized spacial score (nSPS) is 10.6. The molecule has 0 unspecified atom stereocenters. The van der Waals surface area contributed by atoms with Crippen molar-refractivity contribution in [1.29, 1.82) is 5.26 Å². The van der Waals surface area contributed by atoms with Gasteiger partial charge in [0.1, 0.15) is 17.7 Å². The number of hydrogen-bond donors (Lipinski definition) is 1. The molecule has 0 aliphatic heterocycles. The first-order chi connectivity index (χ1) is 12.2. The van der Waals surface area contributed by atoms with Gasteiger partial charge in [-0.05, 0) is 35.9 Å². The molecule has 25 heavy (non-hydrogen) atoms. The monoisotopic (exact) mass is 335 g/mol. The highest BCUT2D eigenvalue weighted by Crippen LogP contribution is 2.38. The van der Waals surface area contributed by atoms with Gasteiger partial charge in [0, 0.05) is 32.1 Å². The second-order valence-electron chi connectivity index (χ2n) is 5.36. The summed E-state index contributed by atoms with van der Waals surface area (Å²) in [5.41, 5.74) is 2.61. The number of para-hydroxylation sites is 1. The summed E-state index contributed by atoms with van der Waals surface area (Å²) >= 11 is 0. The summed E-state index contributed by atoms with van der Waals surface area (Å²) in [5.74, 6) is 1.30. The van der Waals surface area contributed by atoms with Crippen molar-refractivity contribution in [1.82, 2.24) is 0 Å². The smallest absolute Gasteiger partial charge is 0.154 e. The molecule has 0 aliphatic carbocycles. The van der Waals surface area contributed by atoms with Gasteiger partial charge in [-0.15, -0.1) is 0 Å². The predicted molar refractivity (Wildman–Crippen MR) is 102 cm³/mol. The Bertz CT molecular complexity index is 791. The van der Waals surface area contributed by atoms with Crippen molar-refractivity contribution >= 4 is 17.5 Å². The molecule has 0 fully saturated rings. The van der Waals surface area contributed by atoms with E-state index in [0.29, 0.717) is 11.5 Å². The molecule has 0 radical (unpaired) electrons. The molecule has 0 aromatic heterocycles. The molecular formula is C20H21N3O2. The standard InChI is InChI=1S/C20H21N3O2/c1-23(2)20-18(24-3)14-16(8-7-11-21)15-19(20)25-13-12-22-17-9-5-4-6-10-17/h4-10,12-15,22H,1-3H3/b8-7+,13-12+. The Morgan fingerprint density at radius 1 is 1.12 bits per heavy atom. The van der Waals surface area contributed by atoms with E-state index in [4.69, 9.17) is 14.7 Å². The van der Waals surface area contributed by atoms with E-state index in [1.54, 1.807) is 25.6 Å². The minimum atomic E-state index is 0.632. The Morgan fingerprint density at radius 2 is 1.84 bits per heavy atom. The average molecular weight is 335 g/mol. The maximum absolute atomic E-state index is 8.72. The highest BCUT2D eigenvalue weighted by molar-refractivity contribution is 5.72. The summed E-state index contributed by atoms with van der Waals surface area (Å²) in [6.07, 6.45) is 6.42. The van der Waals surface area contributed by atoms with Crippen LogP contribution >= 0.6 is 0 Å². The molecule has 0 saturated heterocycles. The van der Waals surface area contributed by atoms with Crippen molar-refractivity contribution in [2.45, 2.75) is 0 Å². The number of anilines is 2. The Labute approximate surface area is 148 Å². The van der Waals surface area contributed by atoms with Gasteiger partial charge in [0.25, 0.3) is 0 Å². The number of nitrogens with zero attached hydrogens (tertiary/aromatic N) is 2. The molecule has 0 spiro atoms. The lowest BCUT2D eigenvalue weighted by Gasteiger charge is -2.20. The molecule has 2 rings (SSSR count).